The van der Waals surface area contributed by atoms with Gasteiger partial charge in [-0.1, -0.05) is 227 Å². The van der Waals surface area contributed by atoms with Gasteiger partial charge in [-0.15, -0.1) is 0 Å². The van der Waals surface area contributed by atoms with Crippen molar-refractivity contribution in [3.63, 3.8) is 0 Å². The summed E-state index contributed by atoms with van der Waals surface area (Å²) in [6, 6.07) is 42.7. The summed E-state index contributed by atoms with van der Waals surface area (Å²) in [4.78, 5) is 49.4. The average molecular weight is 1140 g/mol. The molecular weight excluding hydrogens is 1050 g/mol. The first-order chi connectivity index (χ1) is 41.2. The Morgan fingerprint density at radius 2 is 0.765 bits per heavy atom. The number of benzene rings is 6. The predicted octanol–water partition coefficient (Wildman–Crippen LogP) is 21.6. The van der Waals surface area contributed by atoms with Crippen LogP contribution in [0.3, 0.4) is 0 Å². The molecule has 85 heavy (non-hydrogen) atoms. The number of rotatable bonds is 24. The van der Waals surface area contributed by atoms with Crippen molar-refractivity contribution in [2.24, 2.45) is 0 Å². The largest absolute Gasteiger partial charge is 0.443 e. The van der Waals surface area contributed by atoms with Crippen LogP contribution < -0.4 is 0 Å². The molecule has 10 aromatic rings. The highest BCUT2D eigenvalue weighted by Crippen LogP contribution is 2.56. The van der Waals surface area contributed by atoms with Crippen LogP contribution in [0, 0.1) is 0 Å². The Balaban J connectivity index is 1.02. The van der Waals surface area contributed by atoms with Gasteiger partial charge >= 0.3 is 12.2 Å². The summed E-state index contributed by atoms with van der Waals surface area (Å²) in [5.74, 6) is 0. The van der Waals surface area contributed by atoms with Gasteiger partial charge in [-0.25, -0.2) is 38.7 Å². The molecular formula is C75H88N6O4. The lowest BCUT2D eigenvalue weighted by molar-refractivity contribution is 0.0539. The van der Waals surface area contributed by atoms with Crippen molar-refractivity contribution in [2.45, 2.75) is 213 Å². The smallest absolute Gasteiger partial charge is 0.420 e. The van der Waals surface area contributed by atoms with E-state index in [0.29, 0.717) is 22.3 Å². The maximum Gasteiger partial charge on any atom is 0.420 e. The number of carbonyl (C=O) groups excluding carboxylic acids is 2. The number of para-hydroxylation sites is 4. The number of fused-ring (bicyclic) bond motifs is 11. The Kier molecular flexibility index (Phi) is 17.9. The first-order valence-corrected chi connectivity index (χ1v) is 32.3. The standard InChI is InChI=1S/C75H88N6O4/c1-9-11-13-15-17-19-21-23-25-31-47-75(48-32-26-24-22-20-18-16-14-12-10-2)59-49-51(53-37-33-39-61-65(53)78-67-57-35-27-29-41-63(57)80(69(67)76-61)71(82)84-73(3,4)5)43-45-55(59)56-46-44-52(50-60(56)75)54-38-34-40-62-66(54)79-68-58-36-28-30-42-64(58)81(70(68)77-62)72(83)85-74(6,7)8/h27-30,33-46,49-50H,9-26,31-32,47-48H2,1-8H3. The van der Waals surface area contributed by atoms with E-state index in [4.69, 9.17) is 29.4 Å². The molecule has 1 aliphatic carbocycles. The molecule has 10 nitrogen and oxygen atoms in total. The molecule has 4 aromatic heterocycles. The van der Waals surface area contributed by atoms with Gasteiger partial charge < -0.3 is 9.47 Å². The maximum atomic E-state index is 14.0. The van der Waals surface area contributed by atoms with Gasteiger partial charge in [0.1, 0.15) is 22.2 Å². The van der Waals surface area contributed by atoms with Crippen LogP contribution in [0.4, 0.5) is 9.59 Å². The fraction of sp³-hybridized carbons (Fsp3) is 0.440. The van der Waals surface area contributed by atoms with Crippen LogP contribution in [0.25, 0.3) is 99.6 Å². The summed E-state index contributed by atoms with van der Waals surface area (Å²) >= 11 is 0. The van der Waals surface area contributed by atoms with Crippen molar-refractivity contribution < 1.29 is 19.1 Å². The van der Waals surface area contributed by atoms with Crippen molar-refractivity contribution >= 4 is 78.4 Å². The van der Waals surface area contributed by atoms with Crippen LogP contribution in [-0.4, -0.2) is 52.5 Å². The van der Waals surface area contributed by atoms with E-state index in [1.165, 1.54) is 138 Å². The second-order valence-electron chi connectivity index (χ2n) is 26.3. The maximum absolute atomic E-state index is 14.0. The Morgan fingerprint density at radius 1 is 0.400 bits per heavy atom. The third-order valence-corrected chi connectivity index (χ3v) is 17.6. The zero-order valence-corrected chi connectivity index (χ0v) is 51.9. The topological polar surface area (TPSA) is 114 Å². The molecule has 0 N–H and O–H groups in total. The Bertz CT molecular complexity index is 3780. The molecule has 0 aliphatic heterocycles. The second-order valence-corrected chi connectivity index (χ2v) is 26.3. The van der Waals surface area contributed by atoms with Crippen molar-refractivity contribution in [3.05, 3.63) is 132 Å². The van der Waals surface area contributed by atoms with Crippen LogP contribution in [0.15, 0.2) is 121 Å². The zero-order valence-electron chi connectivity index (χ0n) is 51.9. The van der Waals surface area contributed by atoms with Gasteiger partial charge in [0.05, 0.1) is 33.1 Å². The highest BCUT2D eigenvalue weighted by molar-refractivity contribution is 6.13. The van der Waals surface area contributed by atoms with E-state index in [1.807, 2.05) is 102 Å². The Morgan fingerprint density at radius 3 is 1.14 bits per heavy atom. The van der Waals surface area contributed by atoms with Crippen LogP contribution in [0.5, 0.6) is 0 Å². The van der Waals surface area contributed by atoms with Crippen molar-refractivity contribution in [2.75, 3.05) is 0 Å². The third kappa shape index (κ3) is 12.5. The van der Waals surface area contributed by atoms with E-state index in [0.717, 1.165) is 91.8 Å². The molecule has 0 amide bonds. The number of unbranched alkanes of at least 4 members (excludes halogenated alkanes) is 18. The van der Waals surface area contributed by atoms with Crippen LogP contribution in [0.1, 0.15) is 208 Å². The minimum atomic E-state index is -0.690. The summed E-state index contributed by atoms with van der Waals surface area (Å²) in [6.07, 6.45) is 26.9. The van der Waals surface area contributed by atoms with Crippen LogP contribution >= 0.6 is 0 Å². The number of aromatic nitrogens is 6. The molecule has 0 atom stereocenters. The van der Waals surface area contributed by atoms with Crippen LogP contribution in [-0.2, 0) is 14.9 Å². The normalized spacial score (nSPS) is 13.2. The molecule has 0 saturated heterocycles. The second kappa shape index (κ2) is 25.6. The molecule has 0 saturated carbocycles. The molecule has 6 aromatic carbocycles. The van der Waals surface area contributed by atoms with E-state index in [1.54, 1.807) is 9.13 Å². The number of ether oxygens (including phenoxy) is 2. The number of carbonyl (C=O) groups is 2. The minimum Gasteiger partial charge on any atom is -0.443 e. The Hall–Kier alpha value is -7.46. The number of hydrogen-bond acceptors (Lipinski definition) is 8. The average Bonchev–Trinajstić information content (AvgIpc) is 1.66. The minimum absolute atomic E-state index is 0.258. The fourth-order valence-electron chi connectivity index (χ4n) is 13.5. The van der Waals surface area contributed by atoms with Gasteiger partial charge in [0.25, 0.3) is 0 Å². The molecule has 0 bridgehead atoms. The highest BCUT2D eigenvalue weighted by Gasteiger charge is 2.43. The summed E-state index contributed by atoms with van der Waals surface area (Å²) in [6.45, 7) is 15.9. The molecule has 442 valence electrons. The first kappa shape index (κ1) is 59.3. The molecule has 0 fully saturated rings. The van der Waals surface area contributed by atoms with Gasteiger partial charge in [-0.2, -0.15) is 0 Å². The van der Waals surface area contributed by atoms with Crippen molar-refractivity contribution in [1.29, 1.82) is 0 Å². The number of hydrogen-bond donors (Lipinski definition) is 0. The number of nitrogens with zero attached hydrogens (tertiary/aromatic N) is 6. The lowest BCUT2D eigenvalue weighted by Gasteiger charge is -2.33. The summed E-state index contributed by atoms with van der Waals surface area (Å²) < 4.78 is 15.1. The molecule has 0 spiro atoms. The zero-order chi connectivity index (χ0) is 59.3. The summed E-state index contributed by atoms with van der Waals surface area (Å²) in [5, 5.41) is 1.71. The van der Waals surface area contributed by atoms with E-state index in [9.17, 15) is 9.59 Å². The van der Waals surface area contributed by atoms with Crippen molar-refractivity contribution in [1.82, 2.24) is 29.1 Å². The molecule has 11 rings (SSSR count). The molecule has 4 heterocycles. The first-order valence-electron chi connectivity index (χ1n) is 32.3. The quantitative estimate of drug-likeness (QED) is 0.0550. The van der Waals surface area contributed by atoms with Gasteiger partial charge in [-0.3, -0.25) is 0 Å². The molecule has 10 heteroatoms. The Labute approximate surface area is 503 Å². The molecule has 0 unspecified atom stereocenters. The van der Waals surface area contributed by atoms with E-state index < -0.39 is 23.4 Å². The summed E-state index contributed by atoms with van der Waals surface area (Å²) in [7, 11) is 0. The van der Waals surface area contributed by atoms with Crippen molar-refractivity contribution in [3.8, 4) is 33.4 Å². The summed E-state index contributed by atoms with van der Waals surface area (Å²) in [5.41, 5.74) is 14.8. The highest BCUT2D eigenvalue weighted by atomic mass is 16.6. The third-order valence-electron chi connectivity index (χ3n) is 17.6. The fourth-order valence-corrected chi connectivity index (χ4v) is 13.5. The molecule has 1 aliphatic rings. The lowest BCUT2D eigenvalue weighted by atomic mass is 9.70. The SMILES string of the molecule is CCCCCCCCCCCCC1(CCCCCCCCCCCC)c2cc(-c3cccc4nc5c(nc34)c3ccccc3n5C(=O)OC(C)(C)C)ccc2-c2ccc(-c3cccc4nc5c(nc34)c3ccccc3n5C(=O)OC(C)(C)C)cc21. The lowest BCUT2D eigenvalue weighted by Crippen LogP contribution is -2.27. The predicted molar refractivity (Wildman–Crippen MR) is 352 cm³/mol. The van der Waals surface area contributed by atoms with E-state index in [-0.39, 0.29) is 5.41 Å². The van der Waals surface area contributed by atoms with Gasteiger partial charge in [-0.05, 0) is 124 Å². The van der Waals surface area contributed by atoms with Gasteiger partial charge in [0.2, 0.25) is 0 Å². The van der Waals surface area contributed by atoms with E-state index >= 15 is 0 Å². The monoisotopic (exact) mass is 1140 g/mol. The van der Waals surface area contributed by atoms with Gasteiger partial charge in [0, 0.05) is 27.3 Å². The van der Waals surface area contributed by atoms with Gasteiger partial charge in [0.15, 0.2) is 11.3 Å². The van der Waals surface area contributed by atoms with Crippen LogP contribution in [0.2, 0.25) is 0 Å². The van der Waals surface area contributed by atoms with E-state index in [2.05, 4.69) is 74.5 Å². The molecule has 0 radical (unpaired) electrons.